The quantitative estimate of drug-likeness (QED) is 0.268. The summed E-state index contributed by atoms with van der Waals surface area (Å²) in [5.41, 5.74) is 2.12. The molecule has 0 atom stereocenters. The number of rotatable bonds is 9. The molecule has 1 fully saturated rings. The number of nitrogens with one attached hydrogen (secondary N) is 1. The molecule has 1 saturated heterocycles. The molecule has 0 spiro atoms. The van der Waals surface area contributed by atoms with Crippen molar-refractivity contribution in [1.82, 2.24) is 15.0 Å². The summed E-state index contributed by atoms with van der Waals surface area (Å²) in [6.07, 6.45) is 1.33. The van der Waals surface area contributed by atoms with Crippen LogP contribution in [0.5, 0.6) is 11.5 Å². The van der Waals surface area contributed by atoms with Gasteiger partial charge in [0.15, 0.2) is 17.3 Å². The van der Waals surface area contributed by atoms with Crippen LogP contribution in [0, 0.1) is 5.92 Å². The third kappa shape index (κ3) is 6.16. The van der Waals surface area contributed by atoms with Crippen LogP contribution < -0.4 is 14.8 Å². The van der Waals surface area contributed by atoms with Crippen LogP contribution in [0.1, 0.15) is 34.7 Å². The van der Waals surface area contributed by atoms with Gasteiger partial charge in [0, 0.05) is 27.6 Å². The Bertz CT molecular complexity index is 1500. The Labute approximate surface area is 237 Å². The zero-order valence-corrected chi connectivity index (χ0v) is 23.0. The molecular formula is C30H29ClN4O5. The van der Waals surface area contributed by atoms with Crippen molar-refractivity contribution in [2.45, 2.75) is 19.4 Å². The summed E-state index contributed by atoms with van der Waals surface area (Å²) in [6, 6.07) is 19.3. The maximum atomic E-state index is 13.2. The Balaban J connectivity index is 1.18. The van der Waals surface area contributed by atoms with Gasteiger partial charge in [0.05, 0.1) is 26.5 Å². The first-order valence-corrected chi connectivity index (χ1v) is 13.3. The summed E-state index contributed by atoms with van der Waals surface area (Å²) < 4.78 is 16.1. The average molecular weight is 561 g/mol. The number of halogens is 1. The molecule has 0 unspecified atom stereocenters. The zero-order valence-electron chi connectivity index (χ0n) is 22.2. The minimum atomic E-state index is -0.194. The SMILES string of the molecule is COc1ccc(-c2noc(CN3CCC(C(=O)Nc4ccc(Cl)cc4C(=O)c4ccccc4)CC3)n2)cc1OC. The smallest absolute Gasteiger partial charge is 0.241 e. The molecule has 1 N–H and O–H groups in total. The summed E-state index contributed by atoms with van der Waals surface area (Å²) in [7, 11) is 3.16. The van der Waals surface area contributed by atoms with Gasteiger partial charge in [-0.1, -0.05) is 47.1 Å². The Morgan fingerprint density at radius 3 is 2.48 bits per heavy atom. The van der Waals surface area contributed by atoms with E-state index >= 15 is 0 Å². The molecule has 206 valence electrons. The van der Waals surface area contributed by atoms with Crippen LogP contribution in [0.3, 0.4) is 0 Å². The second kappa shape index (κ2) is 12.3. The Kier molecular flexibility index (Phi) is 8.42. The third-order valence-corrected chi connectivity index (χ3v) is 7.18. The van der Waals surface area contributed by atoms with Crippen LogP contribution in [0.4, 0.5) is 5.69 Å². The van der Waals surface area contributed by atoms with E-state index in [1.807, 2.05) is 12.1 Å². The fourth-order valence-electron chi connectivity index (χ4n) is 4.75. The van der Waals surface area contributed by atoms with Gasteiger partial charge < -0.3 is 19.3 Å². The predicted octanol–water partition coefficient (Wildman–Crippen LogP) is 5.49. The Hall–Kier alpha value is -4.21. The molecule has 3 aromatic carbocycles. The van der Waals surface area contributed by atoms with Gasteiger partial charge in [0.1, 0.15) is 0 Å². The van der Waals surface area contributed by atoms with Crippen molar-refractivity contribution < 1.29 is 23.6 Å². The standard InChI is InChI=1S/C30H29ClN4O5/c1-38-25-11-8-21(16-26(25)39-2)29-33-27(40-34-29)18-35-14-12-20(13-15-35)30(37)32-24-10-9-22(31)17-23(24)28(36)19-6-4-3-5-7-19/h3-11,16-17,20H,12-15,18H2,1-2H3,(H,32,37). The van der Waals surface area contributed by atoms with E-state index in [1.54, 1.807) is 68.8 Å². The van der Waals surface area contributed by atoms with Gasteiger partial charge in [-0.25, -0.2) is 0 Å². The third-order valence-electron chi connectivity index (χ3n) is 6.95. The number of methoxy groups -OCH3 is 2. The van der Waals surface area contributed by atoms with Crippen molar-refractivity contribution >= 4 is 29.0 Å². The maximum absolute atomic E-state index is 13.2. The van der Waals surface area contributed by atoms with E-state index in [2.05, 4.69) is 20.4 Å². The molecule has 0 aliphatic carbocycles. The fourth-order valence-corrected chi connectivity index (χ4v) is 4.92. The van der Waals surface area contributed by atoms with Gasteiger partial charge in [-0.15, -0.1) is 0 Å². The topological polar surface area (TPSA) is 107 Å². The average Bonchev–Trinajstić information content (AvgIpc) is 3.46. The molecule has 2 heterocycles. The monoisotopic (exact) mass is 560 g/mol. The normalized spacial score (nSPS) is 14.1. The van der Waals surface area contributed by atoms with Crippen molar-refractivity contribution in [2.75, 3.05) is 32.6 Å². The lowest BCUT2D eigenvalue weighted by molar-refractivity contribution is -0.121. The van der Waals surface area contributed by atoms with E-state index in [4.69, 9.17) is 25.6 Å². The van der Waals surface area contributed by atoms with Gasteiger partial charge in [-0.05, 0) is 62.3 Å². The number of carbonyl (C=O) groups excluding carboxylic acids is 2. The summed E-state index contributed by atoms with van der Waals surface area (Å²) in [5, 5.41) is 7.51. The largest absolute Gasteiger partial charge is 0.493 e. The van der Waals surface area contributed by atoms with Gasteiger partial charge >= 0.3 is 0 Å². The van der Waals surface area contributed by atoms with Crippen LogP contribution in [0.25, 0.3) is 11.4 Å². The van der Waals surface area contributed by atoms with Crippen LogP contribution in [-0.2, 0) is 11.3 Å². The molecule has 10 heteroatoms. The molecule has 1 amide bonds. The van der Waals surface area contributed by atoms with Crippen LogP contribution in [0.15, 0.2) is 71.3 Å². The van der Waals surface area contributed by atoms with Crippen molar-refractivity contribution in [3.8, 4) is 22.9 Å². The maximum Gasteiger partial charge on any atom is 0.241 e. The van der Waals surface area contributed by atoms with Crippen molar-refractivity contribution in [2.24, 2.45) is 5.92 Å². The molecule has 40 heavy (non-hydrogen) atoms. The number of benzene rings is 3. The van der Waals surface area contributed by atoms with E-state index in [0.717, 1.165) is 5.56 Å². The van der Waals surface area contributed by atoms with Gasteiger partial charge in [0.25, 0.3) is 0 Å². The fraction of sp³-hybridized carbons (Fsp3) is 0.267. The molecule has 4 aromatic rings. The highest BCUT2D eigenvalue weighted by Gasteiger charge is 2.27. The molecule has 1 aromatic heterocycles. The summed E-state index contributed by atoms with van der Waals surface area (Å²) in [6.45, 7) is 1.88. The first kappa shape index (κ1) is 27.4. The number of likely N-dealkylation sites (tertiary alicyclic amines) is 1. The molecule has 9 nitrogen and oxygen atoms in total. The first-order valence-electron chi connectivity index (χ1n) is 12.9. The highest BCUT2D eigenvalue weighted by molar-refractivity contribution is 6.31. The Morgan fingerprint density at radius 2 is 1.75 bits per heavy atom. The number of carbonyl (C=O) groups is 2. The van der Waals surface area contributed by atoms with E-state index in [0.29, 0.717) is 77.5 Å². The van der Waals surface area contributed by atoms with Crippen molar-refractivity contribution in [3.05, 3.63) is 88.8 Å². The number of hydrogen-bond donors (Lipinski definition) is 1. The summed E-state index contributed by atoms with van der Waals surface area (Å²) in [4.78, 5) is 33.0. The molecule has 0 bridgehead atoms. The van der Waals surface area contributed by atoms with Gasteiger partial charge in [-0.2, -0.15) is 4.98 Å². The number of aromatic nitrogens is 2. The number of piperidine rings is 1. The molecular weight excluding hydrogens is 532 g/mol. The molecule has 1 aliphatic rings. The second-order valence-electron chi connectivity index (χ2n) is 9.51. The van der Waals surface area contributed by atoms with E-state index in [9.17, 15) is 9.59 Å². The lowest BCUT2D eigenvalue weighted by atomic mass is 9.95. The van der Waals surface area contributed by atoms with Crippen LogP contribution in [-0.4, -0.2) is 54.0 Å². The number of hydrogen-bond acceptors (Lipinski definition) is 8. The number of anilines is 1. The molecule has 5 rings (SSSR count). The lowest BCUT2D eigenvalue weighted by Gasteiger charge is -2.30. The minimum absolute atomic E-state index is 0.113. The number of ketones is 1. The van der Waals surface area contributed by atoms with Crippen LogP contribution >= 0.6 is 11.6 Å². The first-order chi connectivity index (χ1) is 19.4. The number of ether oxygens (including phenoxy) is 2. The zero-order chi connectivity index (χ0) is 28.1. The number of nitrogens with zero attached hydrogens (tertiary/aromatic N) is 3. The molecule has 0 radical (unpaired) electrons. The summed E-state index contributed by atoms with van der Waals surface area (Å²) >= 11 is 6.18. The van der Waals surface area contributed by atoms with E-state index < -0.39 is 0 Å². The lowest BCUT2D eigenvalue weighted by Crippen LogP contribution is -2.38. The highest BCUT2D eigenvalue weighted by Crippen LogP contribution is 2.31. The second-order valence-corrected chi connectivity index (χ2v) is 9.94. The van der Waals surface area contributed by atoms with Gasteiger partial charge in [0.2, 0.25) is 17.6 Å². The molecule has 0 saturated carbocycles. The minimum Gasteiger partial charge on any atom is -0.493 e. The Morgan fingerprint density at radius 1 is 1.00 bits per heavy atom. The highest BCUT2D eigenvalue weighted by atomic mass is 35.5. The van der Waals surface area contributed by atoms with Gasteiger partial charge in [-0.3, -0.25) is 14.5 Å². The van der Waals surface area contributed by atoms with Crippen molar-refractivity contribution in [3.63, 3.8) is 0 Å². The van der Waals surface area contributed by atoms with Crippen LogP contribution in [0.2, 0.25) is 5.02 Å². The van der Waals surface area contributed by atoms with Crippen molar-refractivity contribution in [1.29, 1.82) is 0 Å². The van der Waals surface area contributed by atoms with E-state index in [-0.39, 0.29) is 17.6 Å². The van der Waals surface area contributed by atoms with E-state index in [1.165, 1.54) is 0 Å². The molecule has 1 aliphatic heterocycles. The summed E-state index contributed by atoms with van der Waals surface area (Å²) in [5.74, 6) is 1.68. The predicted molar refractivity (Wildman–Crippen MR) is 151 cm³/mol. The number of amides is 1.